The van der Waals surface area contributed by atoms with Crippen molar-refractivity contribution in [3.8, 4) is 28.4 Å². The van der Waals surface area contributed by atoms with Crippen LogP contribution in [0.15, 0.2) is 45.5 Å². The molecule has 0 bridgehead atoms. The van der Waals surface area contributed by atoms with Gasteiger partial charge in [0.1, 0.15) is 22.8 Å². The zero-order chi connectivity index (χ0) is 15.7. The molecule has 0 aliphatic rings. The lowest BCUT2D eigenvalue weighted by molar-refractivity contribution is 0.397. The molecule has 1 aromatic heterocycles. The molecule has 1 heterocycles. The molecule has 0 aliphatic heterocycles. The second kappa shape index (κ2) is 5.93. The zero-order valence-corrected chi connectivity index (χ0v) is 14.1. The van der Waals surface area contributed by atoms with Gasteiger partial charge in [-0.25, -0.2) is 0 Å². The van der Waals surface area contributed by atoms with Crippen LogP contribution in [0.5, 0.6) is 17.2 Å². The van der Waals surface area contributed by atoms with Crippen LogP contribution in [0.2, 0.25) is 0 Å². The number of halogens is 1. The lowest BCUT2D eigenvalue weighted by Crippen LogP contribution is -1.88. The third-order valence-corrected chi connectivity index (χ3v) is 4.08. The van der Waals surface area contributed by atoms with Gasteiger partial charge < -0.3 is 18.6 Å². The van der Waals surface area contributed by atoms with Gasteiger partial charge >= 0.3 is 0 Å². The van der Waals surface area contributed by atoms with Crippen molar-refractivity contribution in [3.05, 3.63) is 41.1 Å². The first kappa shape index (κ1) is 14.8. The predicted octanol–water partition coefficient (Wildman–Crippen LogP) is 4.89. The number of furan rings is 1. The van der Waals surface area contributed by atoms with Gasteiger partial charge in [0.15, 0.2) is 4.67 Å². The maximum Gasteiger partial charge on any atom is 0.178 e. The van der Waals surface area contributed by atoms with Crippen LogP contribution in [0.3, 0.4) is 0 Å². The van der Waals surface area contributed by atoms with E-state index in [0.29, 0.717) is 21.8 Å². The molecule has 0 saturated carbocycles. The van der Waals surface area contributed by atoms with Gasteiger partial charge in [-0.15, -0.1) is 0 Å². The minimum absolute atomic E-state index is 0.652. The topological polar surface area (TPSA) is 40.8 Å². The zero-order valence-electron chi connectivity index (χ0n) is 12.5. The summed E-state index contributed by atoms with van der Waals surface area (Å²) in [5.74, 6) is 2.20. The molecule has 0 saturated heterocycles. The molecule has 0 amide bonds. The van der Waals surface area contributed by atoms with Crippen LogP contribution >= 0.6 is 15.9 Å². The SMILES string of the molecule is COc1ccc(-c2c(Br)oc3cc(OC)cc(OC)c23)cc1. The molecule has 0 atom stereocenters. The van der Waals surface area contributed by atoms with Crippen molar-refractivity contribution in [2.24, 2.45) is 0 Å². The lowest BCUT2D eigenvalue weighted by Gasteiger charge is -2.07. The predicted molar refractivity (Wildman–Crippen MR) is 89.0 cm³/mol. The van der Waals surface area contributed by atoms with E-state index in [9.17, 15) is 0 Å². The Kier molecular flexibility index (Phi) is 3.98. The Morgan fingerprint density at radius 2 is 1.55 bits per heavy atom. The fourth-order valence-electron chi connectivity index (χ4n) is 2.43. The Bertz CT molecular complexity index is 806. The molecule has 0 aliphatic carbocycles. The van der Waals surface area contributed by atoms with Gasteiger partial charge in [0.05, 0.1) is 26.7 Å². The fraction of sp³-hybridized carbons (Fsp3) is 0.176. The number of hydrogen-bond donors (Lipinski definition) is 0. The number of fused-ring (bicyclic) bond motifs is 1. The monoisotopic (exact) mass is 362 g/mol. The molecule has 22 heavy (non-hydrogen) atoms. The van der Waals surface area contributed by atoms with Crippen LogP contribution in [0.1, 0.15) is 0 Å². The summed E-state index contributed by atoms with van der Waals surface area (Å²) in [6.45, 7) is 0. The Balaban J connectivity index is 2.26. The van der Waals surface area contributed by atoms with E-state index in [1.807, 2.05) is 36.4 Å². The summed E-state index contributed by atoms with van der Waals surface area (Å²) in [7, 11) is 4.89. The maximum absolute atomic E-state index is 5.82. The molecule has 0 spiro atoms. The number of hydrogen-bond acceptors (Lipinski definition) is 4. The molecular formula is C17H15BrO4. The van der Waals surface area contributed by atoms with Crippen LogP contribution in [0.4, 0.5) is 0 Å². The second-order valence-electron chi connectivity index (χ2n) is 4.68. The Morgan fingerprint density at radius 1 is 0.864 bits per heavy atom. The van der Waals surface area contributed by atoms with Gasteiger partial charge in [-0.1, -0.05) is 12.1 Å². The second-order valence-corrected chi connectivity index (χ2v) is 5.40. The summed E-state index contributed by atoms with van der Waals surface area (Å²) in [5.41, 5.74) is 2.65. The maximum atomic E-state index is 5.82. The lowest BCUT2D eigenvalue weighted by atomic mass is 10.0. The van der Waals surface area contributed by atoms with Gasteiger partial charge in [-0.3, -0.25) is 0 Å². The quantitative estimate of drug-likeness (QED) is 0.662. The first-order valence-corrected chi connectivity index (χ1v) is 7.45. The smallest absolute Gasteiger partial charge is 0.178 e. The highest BCUT2D eigenvalue weighted by atomic mass is 79.9. The van der Waals surface area contributed by atoms with Crippen molar-refractivity contribution >= 4 is 26.9 Å². The average Bonchev–Trinajstić information content (AvgIpc) is 2.89. The van der Waals surface area contributed by atoms with Crippen molar-refractivity contribution in [1.29, 1.82) is 0 Å². The average molecular weight is 363 g/mol. The van der Waals surface area contributed by atoms with Crippen molar-refractivity contribution < 1.29 is 18.6 Å². The summed E-state index contributed by atoms with van der Waals surface area (Å²) in [5, 5.41) is 0.903. The molecule has 0 radical (unpaired) electrons. The third kappa shape index (κ3) is 2.41. The first-order chi connectivity index (χ1) is 10.7. The van der Waals surface area contributed by atoms with Gasteiger partial charge in [-0.05, 0) is 33.6 Å². The number of methoxy groups -OCH3 is 3. The van der Waals surface area contributed by atoms with Crippen LogP contribution in [0.25, 0.3) is 22.1 Å². The van der Waals surface area contributed by atoms with Gasteiger partial charge in [0.25, 0.3) is 0 Å². The molecule has 0 N–H and O–H groups in total. The van der Waals surface area contributed by atoms with E-state index in [-0.39, 0.29) is 0 Å². The third-order valence-electron chi connectivity index (χ3n) is 3.52. The first-order valence-electron chi connectivity index (χ1n) is 6.66. The molecule has 3 rings (SSSR count). The van der Waals surface area contributed by atoms with Crippen LogP contribution in [-0.2, 0) is 0 Å². The highest BCUT2D eigenvalue weighted by molar-refractivity contribution is 9.10. The molecular weight excluding hydrogens is 348 g/mol. The van der Waals surface area contributed by atoms with E-state index >= 15 is 0 Å². The van der Waals surface area contributed by atoms with E-state index < -0.39 is 0 Å². The van der Waals surface area contributed by atoms with Crippen molar-refractivity contribution in [1.82, 2.24) is 0 Å². The van der Waals surface area contributed by atoms with Crippen LogP contribution in [-0.4, -0.2) is 21.3 Å². The summed E-state index contributed by atoms with van der Waals surface area (Å²) < 4.78 is 22.5. The van der Waals surface area contributed by atoms with E-state index in [2.05, 4.69) is 15.9 Å². The standard InChI is InChI=1S/C17H15BrO4/c1-19-11-6-4-10(5-7-11)15-16-13(21-3)8-12(20-2)9-14(16)22-17(15)18/h4-9H,1-3H3. The minimum atomic E-state index is 0.652. The fourth-order valence-corrected chi connectivity index (χ4v) is 3.03. The number of ether oxygens (including phenoxy) is 3. The van der Waals surface area contributed by atoms with Gasteiger partial charge in [0, 0.05) is 17.7 Å². The Labute approximate surface area is 136 Å². The van der Waals surface area contributed by atoms with E-state index in [1.165, 1.54) is 0 Å². The summed E-state index contributed by atoms with van der Waals surface area (Å²) >= 11 is 3.50. The summed E-state index contributed by atoms with van der Waals surface area (Å²) in [6, 6.07) is 11.5. The molecule has 114 valence electrons. The summed E-state index contributed by atoms with van der Waals surface area (Å²) in [4.78, 5) is 0. The van der Waals surface area contributed by atoms with E-state index in [0.717, 1.165) is 22.3 Å². The van der Waals surface area contributed by atoms with Gasteiger partial charge in [0.2, 0.25) is 0 Å². The summed E-state index contributed by atoms with van der Waals surface area (Å²) in [6.07, 6.45) is 0. The van der Waals surface area contributed by atoms with E-state index in [4.69, 9.17) is 18.6 Å². The highest BCUT2D eigenvalue weighted by Crippen LogP contribution is 2.44. The molecule has 2 aromatic carbocycles. The van der Waals surface area contributed by atoms with Crippen LogP contribution in [0, 0.1) is 0 Å². The van der Waals surface area contributed by atoms with Crippen molar-refractivity contribution in [2.75, 3.05) is 21.3 Å². The molecule has 4 nitrogen and oxygen atoms in total. The van der Waals surface area contributed by atoms with Gasteiger partial charge in [-0.2, -0.15) is 0 Å². The molecule has 0 unspecified atom stereocenters. The minimum Gasteiger partial charge on any atom is -0.497 e. The van der Waals surface area contributed by atoms with Crippen LogP contribution < -0.4 is 14.2 Å². The number of rotatable bonds is 4. The van der Waals surface area contributed by atoms with Crippen molar-refractivity contribution in [2.45, 2.75) is 0 Å². The largest absolute Gasteiger partial charge is 0.497 e. The van der Waals surface area contributed by atoms with E-state index in [1.54, 1.807) is 21.3 Å². The van der Waals surface area contributed by atoms with Crippen molar-refractivity contribution in [3.63, 3.8) is 0 Å². The Hall–Kier alpha value is -2.14. The normalized spacial score (nSPS) is 10.7. The molecule has 0 fully saturated rings. The molecule has 5 heteroatoms. The molecule has 3 aromatic rings. The highest BCUT2D eigenvalue weighted by Gasteiger charge is 2.19. The Morgan fingerprint density at radius 3 is 2.14 bits per heavy atom. The number of benzene rings is 2.